The molecule has 224 valence electrons. The van der Waals surface area contributed by atoms with E-state index in [-0.39, 0.29) is 24.1 Å². The largest absolute Gasteiger partial charge is 0.496 e. The molecule has 3 N–H and O–H groups in total. The van der Waals surface area contributed by atoms with E-state index in [1.54, 1.807) is 12.1 Å². The second-order valence-electron chi connectivity index (χ2n) is 10.0. The molecule has 0 amide bonds. The predicted molar refractivity (Wildman–Crippen MR) is 137 cm³/mol. The first-order valence-electron chi connectivity index (χ1n) is 12.5. The molecule has 0 bridgehead atoms. The predicted octanol–water partition coefficient (Wildman–Crippen LogP) is 8.72. The summed E-state index contributed by atoms with van der Waals surface area (Å²) in [7, 11) is 1.42. The van der Waals surface area contributed by atoms with Gasteiger partial charge >= 0.3 is 18.5 Å². The maximum absolute atomic E-state index is 13.6. The summed E-state index contributed by atoms with van der Waals surface area (Å²) in [4.78, 5) is 0. The smallest absolute Gasteiger partial charge is 0.416 e. The number of hydrogen-bond acceptors (Lipinski definition) is 3. The van der Waals surface area contributed by atoms with E-state index in [9.17, 15) is 39.5 Å². The second-order valence-corrected chi connectivity index (χ2v) is 10.0. The first-order valence-corrected chi connectivity index (χ1v) is 12.5. The van der Waals surface area contributed by atoms with Gasteiger partial charge in [-0.05, 0) is 77.6 Å². The Morgan fingerprint density at radius 1 is 0.683 bits per heavy atom. The summed E-state index contributed by atoms with van der Waals surface area (Å²) in [6, 6.07) is 7.28. The van der Waals surface area contributed by atoms with Crippen LogP contribution in [0.4, 0.5) is 39.5 Å². The number of nitrogens with two attached hydrogens (primary N) is 1. The van der Waals surface area contributed by atoms with Gasteiger partial charge in [0, 0.05) is 24.2 Å². The minimum absolute atomic E-state index is 0.00188. The molecule has 0 fully saturated rings. The van der Waals surface area contributed by atoms with Crippen molar-refractivity contribution < 1.29 is 44.3 Å². The number of alkyl halides is 9. The Labute approximate surface area is 231 Å². The van der Waals surface area contributed by atoms with E-state index >= 15 is 0 Å². The lowest BCUT2D eigenvalue weighted by Crippen LogP contribution is -2.36. The number of halogens is 9. The van der Waals surface area contributed by atoms with Gasteiger partial charge in [-0.3, -0.25) is 0 Å². The van der Waals surface area contributed by atoms with Crippen molar-refractivity contribution in [3.8, 4) is 16.9 Å². The van der Waals surface area contributed by atoms with Gasteiger partial charge in [0.2, 0.25) is 0 Å². The zero-order chi connectivity index (χ0) is 30.9. The van der Waals surface area contributed by atoms with E-state index < -0.39 is 52.9 Å². The molecule has 0 saturated carbocycles. The zero-order valence-electron chi connectivity index (χ0n) is 22.5. The van der Waals surface area contributed by atoms with E-state index in [1.165, 1.54) is 20.1 Å². The number of rotatable bonds is 8. The van der Waals surface area contributed by atoms with Crippen LogP contribution in [0.2, 0.25) is 0 Å². The van der Waals surface area contributed by atoms with Crippen LogP contribution in [0.1, 0.15) is 66.1 Å². The summed E-state index contributed by atoms with van der Waals surface area (Å²) in [5.41, 5.74) is 3.71. The van der Waals surface area contributed by atoms with E-state index in [0.29, 0.717) is 29.0 Å². The lowest BCUT2D eigenvalue weighted by atomic mass is 9.92. The SMILES string of the molecule is COc1ccc(C(C)C)cc1-c1ccc(C(F)(F)F)cc1CN[C@@H](C)C(N)c1cc(C(F)(F)F)cc(C(F)(F)F)c1. The normalized spacial score (nSPS) is 14.3. The molecule has 0 aromatic heterocycles. The summed E-state index contributed by atoms with van der Waals surface area (Å²) in [5.74, 6) is 0.506. The Balaban J connectivity index is 2.01. The fourth-order valence-corrected chi connectivity index (χ4v) is 4.33. The van der Waals surface area contributed by atoms with Crippen LogP contribution in [0.15, 0.2) is 54.6 Å². The minimum atomic E-state index is -5.05. The van der Waals surface area contributed by atoms with Gasteiger partial charge in [-0.1, -0.05) is 26.0 Å². The Kier molecular flexibility index (Phi) is 9.39. The van der Waals surface area contributed by atoms with Gasteiger partial charge in [0.25, 0.3) is 0 Å². The summed E-state index contributed by atoms with van der Waals surface area (Å²) in [6.45, 7) is 5.09. The van der Waals surface area contributed by atoms with Crippen molar-refractivity contribution in [1.29, 1.82) is 0 Å². The first kappa shape index (κ1) is 32.3. The van der Waals surface area contributed by atoms with Crippen molar-refractivity contribution in [3.63, 3.8) is 0 Å². The highest BCUT2D eigenvalue weighted by atomic mass is 19.4. The maximum atomic E-state index is 13.6. The van der Waals surface area contributed by atoms with Crippen LogP contribution in [0.25, 0.3) is 11.1 Å². The van der Waals surface area contributed by atoms with Gasteiger partial charge in [0.1, 0.15) is 5.75 Å². The van der Waals surface area contributed by atoms with Gasteiger partial charge < -0.3 is 15.8 Å². The van der Waals surface area contributed by atoms with Crippen LogP contribution in [0.3, 0.4) is 0 Å². The highest BCUT2D eigenvalue weighted by Gasteiger charge is 2.38. The third kappa shape index (κ3) is 7.73. The maximum Gasteiger partial charge on any atom is 0.416 e. The van der Waals surface area contributed by atoms with Crippen molar-refractivity contribution in [1.82, 2.24) is 5.32 Å². The molecular formula is C29H29F9N2O. The number of nitrogens with one attached hydrogen (secondary N) is 1. The van der Waals surface area contributed by atoms with Crippen LogP contribution in [-0.4, -0.2) is 13.2 Å². The average molecular weight is 593 g/mol. The van der Waals surface area contributed by atoms with E-state index in [1.807, 2.05) is 19.9 Å². The first-order chi connectivity index (χ1) is 18.8. The molecule has 12 heteroatoms. The van der Waals surface area contributed by atoms with E-state index in [4.69, 9.17) is 10.5 Å². The Bertz CT molecular complexity index is 1330. The highest BCUT2D eigenvalue weighted by Crippen LogP contribution is 2.40. The molecule has 0 aliphatic carbocycles. The fourth-order valence-electron chi connectivity index (χ4n) is 4.33. The molecular weight excluding hydrogens is 563 g/mol. The fraction of sp³-hybridized carbons (Fsp3) is 0.379. The van der Waals surface area contributed by atoms with Gasteiger partial charge in [-0.25, -0.2) is 0 Å². The van der Waals surface area contributed by atoms with Crippen molar-refractivity contribution >= 4 is 0 Å². The summed E-state index contributed by atoms with van der Waals surface area (Å²) in [6.07, 6.45) is -14.8. The Hall–Kier alpha value is -3.25. The van der Waals surface area contributed by atoms with Gasteiger partial charge in [-0.15, -0.1) is 0 Å². The molecule has 0 radical (unpaired) electrons. The van der Waals surface area contributed by atoms with Gasteiger partial charge in [0.15, 0.2) is 0 Å². The molecule has 41 heavy (non-hydrogen) atoms. The highest BCUT2D eigenvalue weighted by molar-refractivity contribution is 5.74. The quantitative estimate of drug-likeness (QED) is 0.257. The van der Waals surface area contributed by atoms with Crippen LogP contribution in [0, 0.1) is 0 Å². The lowest BCUT2D eigenvalue weighted by Gasteiger charge is -2.25. The summed E-state index contributed by atoms with van der Waals surface area (Å²) < 4.78 is 126. The van der Waals surface area contributed by atoms with Crippen LogP contribution in [0.5, 0.6) is 5.75 Å². The molecule has 0 spiro atoms. The standard InChI is InChI=1S/C29H29F9N2O/c1-15(2)17-5-8-25(41-4)24(12-17)23-7-6-20(27(30,31)32)11-19(23)14-40-16(3)26(39)18-9-21(28(33,34)35)13-22(10-18)29(36,37)38/h5-13,15-16,26,40H,14,39H2,1-4H3/t16-,26?/m0/s1. The van der Waals surface area contributed by atoms with Crippen LogP contribution >= 0.6 is 0 Å². The Morgan fingerprint density at radius 3 is 1.73 bits per heavy atom. The topological polar surface area (TPSA) is 47.3 Å². The summed E-state index contributed by atoms with van der Waals surface area (Å²) in [5, 5.41) is 2.88. The number of ether oxygens (including phenoxy) is 1. The second kappa shape index (κ2) is 11.9. The molecule has 1 unspecified atom stereocenters. The van der Waals surface area contributed by atoms with Crippen molar-refractivity contribution in [3.05, 3.63) is 88.0 Å². The van der Waals surface area contributed by atoms with Crippen molar-refractivity contribution in [2.24, 2.45) is 5.73 Å². The van der Waals surface area contributed by atoms with Crippen LogP contribution in [-0.2, 0) is 25.1 Å². The molecule has 0 aliphatic heterocycles. The molecule has 3 nitrogen and oxygen atoms in total. The van der Waals surface area contributed by atoms with E-state index in [0.717, 1.165) is 17.7 Å². The van der Waals surface area contributed by atoms with Crippen LogP contribution < -0.4 is 15.8 Å². The minimum Gasteiger partial charge on any atom is -0.496 e. The molecule has 2 atom stereocenters. The van der Waals surface area contributed by atoms with Crippen molar-refractivity contribution in [2.75, 3.05) is 7.11 Å². The third-order valence-electron chi connectivity index (χ3n) is 6.76. The number of methoxy groups -OCH3 is 1. The molecule has 3 rings (SSSR count). The number of benzene rings is 3. The molecule has 0 heterocycles. The summed E-state index contributed by atoms with van der Waals surface area (Å²) >= 11 is 0. The molecule has 0 saturated heterocycles. The Morgan fingerprint density at radius 2 is 1.24 bits per heavy atom. The third-order valence-corrected chi connectivity index (χ3v) is 6.76. The molecule has 3 aromatic rings. The molecule has 3 aromatic carbocycles. The monoisotopic (exact) mass is 592 g/mol. The van der Waals surface area contributed by atoms with Crippen molar-refractivity contribution in [2.45, 2.75) is 63.8 Å². The molecule has 0 aliphatic rings. The number of hydrogen-bond donors (Lipinski definition) is 2. The van der Waals surface area contributed by atoms with E-state index in [2.05, 4.69) is 5.32 Å². The zero-order valence-corrected chi connectivity index (χ0v) is 22.5. The lowest BCUT2D eigenvalue weighted by molar-refractivity contribution is -0.143. The van der Waals surface area contributed by atoms with Gasteiger partial charge in [0.05, 0.1) is 23.8 Å². The van der Waals surface area contributed by atoms with Gasteiger partial charge in [-0.2, -0.15) is 39.5 Å². The average Bonchev–Trinajstić information content (AvgIpc) is 2.88.